The maximum atomic E-state index is 11.1. The highest BCUT2D eigenvalue weighted by atomic mass is 16.4. The van der Waals surface area contributed by atoms with Gasteiger partial charge in [0.2, 0.25) is 5.82 Å². The highest BCUT2D eigenvalue weighted by Crippen LogP contribution is 2.47. The van der Waals surface area contributed by atoms with E-state index in [1.54, 1.807) is 19.4 Å². The summed E-state index contributed by atoms with van der Waals surface area (Å²) in [5, 5.41) is 25.2. The van der Waals surface area contributed by atoms with E-state index in [0.717, 1.165) is 24.1 Å². The van der Waals surface area contributed by atoms with Gasteiger partial charge in [0.15, 0.2) is 0 Å². The minimum Gasteiger partial charge on any atom is -0.481 e. The SMILES string of the molecule is Cc1cc(-c2nnn(C)n2)cc(C)c1-c1cccc2c1CC[C@H]2Nc1cnc(C2C[C@H]2C(=O)O)cn1. The van der Waals surface area contributed by atoms with E-state index in [1.807, 2.05) is 0 Å². The van der Waals surface area contributed by atoms with Crippen molar-refractivity contribution in [1.82, 2.24) is 30.2 Å². The molecule has 2 aromatic heterocycles. The Hall–Kier alpha value is -4.14. The van der Waals surface area contributed by atoms with Gasteiger partial charge in [-0.05, 0) is 83.8 Å². The molecular weight excluding hydrogens is 454 g/mol. The van der Waals surface area contributed by atoms with E-state index in [-0.39, 0.29) is 17.9 Å². The number of aliphatic carboxylic acids is 1. The number of nitrogens with zero attached hydrogens (tertiary/aromatic N) is 6. The zero-order valence-corrected chi connectivity index (χ0v) is 20.4. The molecule has 0 aliphatic heterocycles. The Bertz CT molecular complexity index is 1450. The van der Waals surface area contributed by atoms with E-state index in [2.05, 4.69) is 74.9 Å². The molecule has 2 aliphatic rings. The quantitative estimate of drug-likeness (QED) is 0.420. The van der Waals surface area contributed by atoms with Crippen molar-refractivity contribution in [3.05, 3.63) is 70.7 Å². The van der Waals surface area contributed by atoms with E-state index in [0.29, 0.717) is 18.1 Å². The Balaban J connectivity index is 1.25. The van der Waals surface area contributed by atoms with Crippen LogP contribution >= 0.6 is 0 Å². The smallest absolute Gasteiger partial charge is 0.307 e. The third-order valence-electron chi connectivity index (χ3n) is 7.32. The number of carboxylic acids is 1. The molecule has 2 N–H and O–H groups in total. The van der Waals surface area contributed by atoms with Crippen molar-refractivity contribution >= 4 is 11.8 Å². The largest absolute Gasteiger partial charge is 0.481 e. The molecule has 1 fully saturated rings. The van der Waals surface area contributed by atoms with Gasteiger partial charge in [-0.2, -0.15) is 4.80 Å². The van der Waals surface area contributed by atoms with Crippen molar-refractivity contribution in [3.8, 4) is 22.5 Å². The van der Waals surface area contributed by atoms with Gasteiger partial charge in [0, 0.05) is 11.5 Å². The van der Waals surface area contributed by atoms with Gasteiger partial charge in [0.25, 0.3) is 0 Å². The second kappa shape index (κ2) is 8.51. The second-order valence-corrected chi connectivity index (χ2v) is 9.81. The molecule has 3 atom stereocenters. The molecule has 2 heterocycles. The summed E-state index contributed by atoms with van der Waals surface area (Å²) in [6, 6.07) is 10.9. The van der Waals surface area contributed by atoms with E-state index in [1.165, 1.54) is 38.2 Å². The zero-order chi connectivity index (χ0) is 25.0. The molecule has 182 valence electrons. The van der Waals surface area contributed by atoms with Crippen LogP contribution < -0.4 is 5.32 Å². The fourth-order valence-electron chi connectivity index (χ4n) is 5.53. The molecule has 0 saturated heterocycles. The fraction of sp³-hybridized carbons (Fsp3) is 0.333. The van der Waals surface area contributed by atoms with Crippen LogP contribution in [0.3, 0.4) is 0 Å². The second-order valence-electron chi connectivity index (χ2n) is 9.81. The number of anilines is 1. The first kappa shape index (κ1) is 22.3. The van der Waals surface area contributed by atoms with Crippen molar-refractivity contribution in [3.63, 3.8) is 0 Å². The molecule has 1 saturated carbocycles. The highest BCUT2D eigenvalue weighted by Gasteiger charge is 2.45. The third-order valence-corrected chi connectivity index (χ3v) is 7.32. The number of hydrogen-bond donors (Lipinski definition) is 2. The summed E-state index contributed by atoms with van der Waals surface area (Å²) in [5.41, 5.74) is 9.25. The van der Waals surface area contributed by atoms with Crippen LogP contribution in [-0.2, 0) is 18.3 Å². The Kier molecular flexibility index (Phi) is 5.28. The van der Waals surface area contributed by atoms with Crippen LogP contribution in [0.2, 0.25) is 0 Å². The summed E-state index contributed by atoms with van der Waals surface area (Å²) in [5.74, 6) is 0.248. The number of carboxylic acid groups (broad SMARTS) is 1. The molecule has 2 aliphatic carbocycles. The standard InChI is InChI=1S/C27H27N7O2/c1-14-9-16(26-31-33-34(3)32-26)10-15(2)25(14)19-6-4-5-18-17(19)7-8-22(18)30-24-13-28-23(12-29-24)20-11-21(20)27(35)36/h4-6,9-10,12-13,20-22H,7-8,11H2,1-3H3,(H,29,30)(H,35,36)/t20?,21-,22-/m1/s1. The van der Waals surface area contributed by atoms with Gasteiger partial charge in [-0.1, -0.05) is 18.2 Å². The van der Waals surface area contributed by atoms with Crippen LogP contribution in [-0.4, -0.2) is 41.3 Å². The van der Waals surface area contributed by atoms with Crippen molar-refractivity contribution < 1.29 is 9.90 Å². The first-order valence-corrected chi connectivity index (χ1v) is 12.2. The molecule has 9 nitrogen and oxygen atoms in total. The third kappa shape index (κ3) is 3.90. The predicted molar refractivity (Wildman–Crippen MR) is 134 cm³/mol. The zero-order valence-electron chi connectivity index (χ0n) is 20.4. The average Bonchev–Trinajstić information content (AvgIpc) is 3.39. The number of fused-ring (bicyclic) bond motifs is 1. The molecule has 36 heavy (non-hydrogen) atoms. The van der Waals surface area contributed by atoms with Crippen LogP contribution in [0, 0.1) is 19.8 Å². The van der Waals surface area contributed by atoms with Crippen molar-refractivity contribution in [2.75, 3.05) is 5.32 Å². The maximum Gasteiger partial charge on any atom is 0.307 e. The van der Waals surface area contributed by atoms with Crippen molar-refractivity contribution in [1.29, 1.82) is 0 Å². The summed E-state index contributed by atoms with van der Waals surface area (Å²) < 4.78 is 0. The number of nitrogens with one attached hydrogen (secondary N) is 1. The minimum absolute atomic E-state index is 0.0126. The monoisotopic (exact) mass is 481 g/mol. The summed E-state index contributed by atoms with van der Waals surface area (Å²) >= 11 is 0. The van der Waals surface area contributed by atoms with Crippen LogP contribution in [0.25, 0.3) is 22.5 Å². The molecular formula is C27H27N7O2. The number of rotatable bonds is 6. The summed E-state index contributed by atoms with van der Waals surface area (Å²) in [6.07, 6.45) is 6.03. The minimum atomic E-state index is -0.757. The molecule has 0 bridgehead atoms. The lowest BCUT2D eigenvalue weighted by Gasteiger charge is -2.18. The lowest BCUT2D eigenvalue weighted by molar-refractivity contribution is -0.138. The number of tetrazole rings is 1. The van der Waals surface area contributed by atoms with E-state index >= 15 is 0 Å². The number of aromatic nitrogens is 6. The Labute approximate surface area is 208 Å². The first-order valence-electron chi connectivity index (χ1n) is 12.2. The van der Waals surface area contributed by atoms with E-state index in [9.17, 15) is 4.79 Å². The summed E-state index contributed by atoms with van der Waals surface area (Å²) in [6.45, 7) is 4.27. The van der Waals surface area contributed by atoms with Crippen molar-refractivity contribution in [2.45, 2.75) is 45.1 Å². The molecule has 6 rings (SSSR count). The van der Waals surface area contributed by atoms with Crippen LogP contribution in [0.4, 0.5) is 5.82 Å². The molecule has 0 radical (unpaired) electrons. The molecule has 2 aromatic carbocycles. The van der Waals surface area contributed by atoms with Gasteiger partial charge in [-0.25, -0.2) is 4.98 Å². The topological polar surface area (TPSA) is 119 Å². The predicted octanol–water partition coefficient (Wildman–Crippen LogP) is 4.24. The Morgan fingerprint density at radius 3 is 2.58 bits per heavy atom. The van der Waals surface area contributed by atoms with Gasteiger partial charge in [-0.15, -0.1) is 10.2 Å². The number of aryl methyl sites for hydroxylation is 3. The molecule has 4 aromatic rings. The van der Waals surface area contributed by atoms with Crippen LogP contribution in [0.1, 0.15) is 52.7 Å². The van der Waals surface area contributed by atoms with Crippen molar-refractivity contribution in [2.24, 2.45) is 13.0 Å². The molecule has 9 heteroatoms. The number of hydrogen-bond acceptors (Lipinski definition) is 7. The number of carbonyl (C=O) groups is 1. The molecule has 0 amide bonds. The summed E-state index contributed by atoms with van der Waals surface area (Å²) in [4.78, 5) is 21.6. The lowest BCUT2D eigenvalue weighted by atomic mass is 9.89. The average molecular weight is 482 g/mol. The lowest BCUT2D eigenvalue weighted by Crippen LogP contribution is -2.09. The Morgan fingerprint density at radius 2 is 1.94 bits per heavy atom. The van der Waals surface area contributed by atoms with E-state index < -0.39 is 5.97 Å². The molecule has 1 unspecified atom stereocenters. The number of benzene rings is 2. The van der Waals surface area contributed by atoms with Gasteiger partial charge < -0.3 is 10.4 Å². The maximum absolute atomic E-state index is 11.1. The fourth-order valence-corrected chi connectivity index (χ4v) is 5.53. The summed E-state index contributed by atoms with van der Waals surface area (Å²) in [7, 11) is 1.77. The van der Waals surface area contributed by atoms with Gasteiger partial charge in [0.05, 0.1) is 37.1 Å². The van der Waals surface area contributed by atoms with Gasteiger partial charge in [-0.3, -0.25) is 9.78 Å². The highest BCUT2D eigenvalue weighted by molar-refractivity contribution is 5.78. The first-order chi connectivity index (χ1) is 17.4. The van der Waals surface area contributed by atoms with E-state index in [4.69, 9.17) is 5.11 Å². The van der Waals surface area contributed by atoms with Gasteiger partial charge in [0.1, 0.15) is 5.82 Å². The van der Waals surface area contributed by atoms with Crippen LogP contribution in [0.5, 0.6) is 0 Å². The molecule has 0 spiro atoms. The Morgan fingerprint density at radius 1 is 1.14 bits per heavy atom. The normalized spacial score (nSPS) is 20.2. The van der Waals surface area contributed by atoms with Gasteiger partial charge >= 0.3 is 5.97 Å². The van der Waals surface area contributed by atoms with Crippen LogP contribution in [0.15, 0.2) is 42.7 Å².